The summed E-state index contributed by atoms with van der Waals surface area (Å²) in [4.78, 5) is 18.1. The molecule has 1 radical (unpaired) electrons. The summed E-state index contributed by atoms with van der Waals surface area (Å²) in [5.74, 6) is 0. The van der Waals surface area contributed by atoms with Crippen LogP contribution in [0.15, 0.2) is 36.9 Å². The third kappa shape index (κ3) is 2.04. The monoisotopic (exact) mass is 179 g/mol. The van der Waals surface area contributed by atoms with Gasteiger partial charge in [0, 0.05) is 0 Å². The molecule has 1 aromatic rings. The highest BCUT2D eigenvalue weighted by Crippen LogP contribution is 1.98. The van der Waals surface area contributed by atoms with E-state index in [1.807, 2.05) is 12.1 Å². The molecule has 0 fully saturated rings. The summed E-state index contributed by atoms with van der Waals surface area (Å²) < 4.78 is 0. The van der Waals surface area contributed by atoms with Crippen LogP contribution in [0.2, 0.25) is 0 Å². The van der Waals surface area contributed by atoms with Gasteiger partial charge in [-0.1, -0.05) is 30.3 Å². The zero-order chi connectivity index (χ0) is 8.97. The predicted octanol–water partition coefficient (Wildman–Crippen LogP) is 0.0949. The molecule has 0 atom stereocenters. The lowest BCUT2D eigenvalue weighted by atomic mass is 10.1. The minimum atomic E-state index is -2.31. The quantitative estimate of drug-likeness (QED) is 0.510. The summed E-state index contributed by atoms with van der Waals surface area (Å²) in [6.07, 6.45) is 2.44. The molecule has 0 heterocycles. The number of benzene rings is 1. The van der Waals surface area contributed by atoms with Gasteiger partial charge in [-0.2, -0.15) is 0 Å². The average Bonchev–Trinajstić information content (AvgIpc) is 2.05. The summed E-state index contributed by atoms with van der Waals surface area (Å²) in [5.41, 5.74) is 0.950. The minimum Gasteiger partial charge on any atom is -0.406 e. The molecule has 3 heteroatoms. The maximum absolute atomic E-state index is 9.05. The van der Waals surface area contributed by atoms with Gasteiger partial charge in [-0.05, 0) is 17.2 Å². The standard InChI is InChI=1S/C9H11O2Si/c1-2-5-8-6-3-4-7-9(8)12(10)11/h2-4,6-7,10-11H,1,5H2. The molecule has 0 saturated heterocycles. The molecule has 0 bridgehead atoms. The van der Waals surface area contributed by atoms with E-state index in [-0.39, 0.29) is 0 Å². The zero-order valence-electron chi connectivity index (χ0n) is 6.70. The number of hydrogen-bond acceptors (Lipinski definition) is 2. The Hall–Kier alpha value is -0.903. The van der Waals surface area contributed by atoms with Gasteiger partial charge in [0.05, 0.1) is 0 Å². The summed E-state index contributed by atoms with van der Waals surface area (Å²) in [5, 5.41) is 0.655. The van der Waals surface area contributed by atoms with E-state index in [0.29, 0.717) is 11.6 Å². The molecule has 0 aliphatic carbocycles. The molecule has 0 aliphatic rings. The summed E-state index contributed by atoms with van der Waals surface area (Å²) in [7, 11) is -2.31. The zero-order valence-corrected chi connectivity index (χ0v) is 7.70. The second-order valence-corrected chi connectivity index (χ2v) is 3.66. The lowest BCUT2D eigenvalue weighted by Crippen LogP contribution is -2.32. The van der Waals surface area contributed by atoms with Gasteiger partial charge in [0.15, 0.2) is 0 Å². The van der Waals surface area contributed by atoms with Crippen molar-refractivity contribution in [2.75, 3.05) is 0 Å². The molecule has 12 heavy (non-hydrogen) atoms. The fourth-order valence-corrected chi connectivity index (χ4v) is 1.79. The lowest BCUT2D eigenvalue weighted by molar-refractivity contribution is 0.425. The second-order valence-electron chi connectivity index (χ2n) is 2.47. The highest BCUT2D eigenvalue weighted by atomic mass is 28.3. The van der Waals surface area contributed by atoms with Crippen LogP contribution >= 0.6 is 0 Å². The SMILES string of the molecule is C=CCc1ccccc1[Si](O)O. The normalized spacial score (nSPS) is 10.2. The molecular formula is C9H11O2Si. The predicted molar refractivity (Wildman–Crippen MR) is 50.2 cm³/mol. The van der Waals surface area contributed by atoms with Crippen molar-refractivity contribution >= 4 is 14.5 Å². The Labute approximate surface area is 73.6 Å². The number of rotatable bonds is 3. The Morgan fingerprint density at radius 3 is 2.58 bits per heavy atom. The molecule has 0 unspecified atom stereocenters. The van der Waals surface area contributed by atoms with E-state index in [0.717, 1.165) is 5.56 Å². The first-order valence-corrected chi connectivity index (χ1v) is 5.09. The third-order valence-electron chi connectivity index (χ3n) is 1.62. The Morgan fingerprint density at radius 1 is 1.33 bits per heavy atom. The van der Waals surface area contributed by atoms with Crippen molar-refractivity contribution in [3.8, 4) is 0 Å². The molecule has 0 spiro atoms. The minimum absolute atomic E-state index is 0.655. The van der Waals surface area contributed by atoms with Crippen LogP contribution in [0.5, 0.6) is 0 Å². The largest absolute Gasteiger partial charge is 0.418 e. The van der Waals surface area contributed by atoms with Crippen molar-refractivity contribution in [1.82, 2.24) is 0 Å². The molecular weight excluding hydrogens is 168 g/mol. The average molecular weight is 179 g/mol. The van der Waals surface area contributed by atoms with E-state index in [1.165, 1.54) is 0 Å². The molecule has 63 valence electrons. The van der Waals surface area contributed by atoms with Crippen molar-refractivity contribution < 1.29 is 9.59 Å². The third-order valence-corrected chi connectivity index (χ3v) is 2.59. The van der Waals surface area contributed by atoms with Crippen molar-refractivity contribution in [2.45, 2.75) is 6.42 Å². The fraction of sp³-hybridized carbons (Fsp3) is 0.111. The maximum Gasteiger partial charge on any atom is 0.418 e. The highest BCUT2D eigenvalue weighted by Gasteiger charge is 2.11. The van der Waals surface area contributed by atoms with E-state index < -0.39 is 9.28 Å². The van der Waals surface area contributed by atoms with Gasteiger partial charge in [0.2, 0.25) is 0 Å². The van der Waals surface area contributed by atoms with E-state index in [1.54, 1.807) is 18.2 Å². The highest BCUT2D eigenvalue weighted by molar-refractivity contribution is 6.59. The number of hydrogen-bond donors (Lipinski definition) is 2. The first-order chi connectivity index (χ1) is 5.75. The molecule has 0 aliphatic heterocycles. The van der Waals surface area contributed by atoms with E-state index in [2.05, 4.69) is 6.58 Å². The Balaban J connectivity index is 2.99. The van der Waals surface area contributed by atoms with Gasteiger partial charge in [0.1, 0.15) is 0 Å². The molecule has 1 aromatic carbocycles. The van der Waals surface area contributed by atoms with Crippen molar-refractivity contribution in [2.24, 2.45) is 0 Å². The van der Waals surface area contributed by atoms with Crippen LogP contribution < -0.4 is 5.19 Å². The molecule has 2 N–H and O–H groups in total. The molecule has 2 nitrogen and oxygen atoms in total. The fourth-order valence-electron chi connectivity index (χ4n) is 1.07. The Kier molecular flexibility index (Phi) is 3.22. The van der Waals surface area contributed by atoms with Gasteiger partial charge in [-0.15, -0.1) is 6.58 Å². The van der Waals surface area contributed by atoms with Gasteiger partial charge in [-0.25, -0.2) is 0 Å². The van der Waals surface area contributed by atoms with E-state index in [4.69, 9.17) is 9.59 Å². The van der Waals surface area contributed by atoms with Gasteiger partial charge in [0.25, 0.3) is 0 Å². The van der Waals surface area contributed by atoms with Gasteiger partial charge in [-0.3, -0.25) is 0 Å². The number of allylic oxidation sites excluding steroid dienone is 1. The Bertz CT molecular complexity index is 271. The second kappa shape index (κ2) is 4.20. The van der Waals surface area contributed by atoms with Crippen LogP contribution in [0.4, 0.5) is 0 Å². The molecule has 0 amide bonds. The van der Waals surface area contributed by atoms with Crippen molar-refractivity contribution in [3.05, 3.63) is 42.5 Å². The summed E-state index contributed by atoms with van der Waals surface area (Å²) in [6, 6.07) is 7.31. The first-order valence-electron chi connectivity index (χ1n) is 3.69. The van der Waals surface area contributed by atoms with Crippen LogP contribution in [0.3, 0.4) is 0 Å². The molecule has 1 rings (SSSR count). The van der Waals surface area contributed by atoms with Gasteiger partial charge >= 0.3 is 9.28 Å². The van der Waals surface area contributed by atoms with E-state index in [9.17, 15) is 0 Å². The van der Waals surface area contributed by atoms with Gasteiger partial charge < -0.3 is 9.59 Å². The summed E-state index contributed by atoms with van der Waals surface area (Å²) in [6.45, 7) is 3.60. The lowest BCUT2D eigenvalue weighted by Gasteiger charge is -2.05. The maximum atomic E-state index is 9.05. The topological polar surface area (TPSA) is 40.5 Å². The van der Waals surface area contributed by atoms with E-state index >= 15 is 0 Å². The van der Waals surface area contributed by atoms with Crippen molar-refractivity contribution in [1.29, 1.82) is 0 Å². The Morgan fingerprint density at radius 2 is 2.00 bits per heavy atom. The smallest absolute Gasteiger partial charge is 0.406 e. The van der Waals surface area contributed by atoms with Crippen LogP contribution in [0, 0.1) is 0 Å². The van der Waals surface area contributed by atoms with Crippen LogP contribution in [0.1, 0.15) is 5.56 Å². The van der Waals surface area contributed by atoms with Crippen LogP contribution in [-0.2, 0) is 6.42 Å². The van der Waals surface area contributed by atoms with Crippen molar-refractivity contribution in [3.63, 3.8) is 0 Å². The van der Waals surface area contributed by atoms with Crippen LogP contribution in [-0.4, -0.2) is 18.9 Å². The molecule has 0 aromatic heterocycles. The molecule has 0 saturated carbocycles. The van der Waals surface area contributed by atoms with Crippen LogP contribution in [0.25, 0.3) is 0 Å². The first kappa shape index (κ1) is 9.19. The summed E-state index contributed by atoms with van der Waals surface area (Å²) >= 11 is 0.